The Morgan fingerprint density at radius 1 is 1.00 bits per heavy atom. The molecule has 1 amide bonds. The summed E-state index contributed by atoms with van der Waals surface area (Å²) in [7, 11) is 1.91. The number of amides is 1. The van der Waals surface area contributed by atoms with E-state index in [1.165, 1.54) is 0 Å². The van der Waals surface area contributed by atoms with E-state index < -0.39 is 5.97 Å². The van der Waals surface area contributed by atoms with E-state index in [2.05, 4.69) is 27.9 Å². The maximum Gasteiger partial charge on any atom is 0.339 e. The first-order valence-electron chi connectivity index (χ1n) is 12.0. The highest BCUT2D eigenvalue weighted by molar-refractivity contribution is 14.1. The topological polar surface area (TPSA) is 99.1 Å². The number of fused-ring (bicyclic) bond motifs is 1. The second kappa shape index (κ2) is 10.7. The number of carboxylic acids is 1. The number of halogens is 1. The molecule has 192 valence electrons. The van der Waals surface area contributed by atoms with Gasteiger partial charge in [0.05, 0.1) is 17.3 Å². The summed E-state index contributed by atoms with van der Waals surface area (Å²) >= 11 is 2.24. The Morgan fingerprint density at radius 3 is 2.45 bits per heavy atom. The van der Waals surface area contributed by atoms with Crippen LogP contribution in [-0.4, -0.2) is 40.1 Å². The Morgan fingerprint density at radius 2 is 1.74 bits per heavy atom. The zero-order valence-electron chi connectivity index (χ0n) is 20.5. The van der Waals surface area contributed by atoms with E-state index in [1.807, 2.05) is 72.6 Å². The molecule has 1 aliphatic heterocycles. The van der Waals surface area contributed by atoms with Crippen LogP contribution in [0.25, 0.3) is 5.70 Å². The van der Waals surface area contributed by atoms with Crippen LogP contribution in [-0.2, 0) is 11.4 Å². The Hall–Kier alpha value is -4.05. The van der Waals surface area contributed by atoms with Crippen molar-refractivity contribution in [1.29, 1.82) is 0 Å². The summed E-state index contributed by atoms with van der Waals surface area (Å²) in [5, 5.41) is 22.5. The van der Waals surface area contributed by atoms with Gasteiger partial charge in [0.15, 0.2) is 0 Å². The van der Waals surface area contributed by atoms with Gasteiger partial charge in [-0.25, -0.2) is 4.79 Å². The van der Waals surface area contributed by atoms with Crippen molar-refractivity contribution in [2.24, 2.45) is 5.92 Å². The van der Waals surface area contributed by atoms with Crippen molar-refractivity contribution in [2.45, 2.75) is 12.6 Å². The standard InChI is InChI=1S/C30H25IN2O5/c1-33-25-16-26(34)24(30(36)37)15-23(25)27(31)28(33)19-10-12-20(13-11-19)29(35)32-21-8-5-9-22(14-21)38-17-18-6-3-2-4-7-18/h2-16,23,25,34H,17H2,1H3,(H,32,35)(H,36,37). The van der Waals surface area contributed by atoms with Gasteiger partial charge in [0.25, 0.3) is 5.91 Å². The van der Waals surface area contributed by atoms with Crippen LogP contribution < -0.4 is 10.1 Å². The molecular weight excluding hydrogens is 595 g/mol. The van der Waals surface area contributed by atoms with Crippen molar-refractivity contribution in [3.63, 3.8) is 0 Å². The minimum absolute atomic E-state index is 0.0865. The highest BCUT2D eigenvalue weighted by atomic mass is 127. The normalized spacial score (nSPS) is 18.4. The third kappa shape index (κ3) is 5.17. The fraction of sp³-hybridized carbons (Fsp3) is 0.133. The molecule has 0 radical (unpaired) electrons. The molecule has 8 heteroatoms. The molecule has 7 nitrogen and oxygen atoms in total. The van der Waals surface area contributed by atoms with Gasteiger partial charge < -0.3 is 25.2 Å². The number of carbonyl (C=O) groups is 2. The van der Waals surface area contributed by atoms with Gasteiger partial charge in [-0.05, 0) is 64.1 Å². The van der Waals surface area contributed by atoms with Crippen LogP contribution in [0.3, 0.4) is 0 Å². The molecule has 0 fully saturated rings. The SMILES string of the molecule is CN1C(c2ccc(C(=O)Nc3cccc(OCc4ccccc4)c3)cc2)=C(I)C2C=C(C(=O)O)C(O)=CC21. The number of benzene rings is 3. The molecule has 0 saturated carbocycles. The van der Waals surface area contributed by atoms with Crippen LogP contribution in [0.4, 0.5) is 5.69 Å². The third-order valence-electron chi connectivity index (χ3n) is 6.63. The van der Waals surface area contributed by atoms with E-state index >= 15 is 0 Å². The number of aliphatic hydroxyl groups excluding tert-OH is 1. The summed E-state index contributed by atoms with van der Waals surface area (Å²) in [6, 6.07) is 24.3. The Balaban J connectivity index is 1.28. The van der Waals surface area contributed by atoms with Crippen molar-refractivity contribution in [2.75, 3.05) is 12.4 Å². The van der Waals surface area contributed by atoms with E-state index in [0.717, 1.165) is 20.4 Å². The second-order valence-electron chi connectivity index (χ2n) is 9.09. The first kappa shape index (κ1) is 25.6. The molecule has 38 heavy (non-hydrogen) atoms. The molecule has 1 heterocycles. The molecule has 2 aliphatic rings. The largest absolute Gasteiger partial charge is 0.507 e. The predicted octanol–water partition coefficient (Wildman–Crippen LogP) is 6.02. The summed E-state index contributed by atoms with van der Waals surface area (Å²) < 4.78 is 6.84. The van der Waals surface area contributed by atoms with Crippen LogP contribution in [0, 0.1) is 5.92 Å². The molecule has 3 N–H and O–H groups in total. The molecule has 1 aliphatic carbocycles. The van der Waals surface area contributed by atoms with E-state index in [1.54, 1.807) is 30.4 Å². The van der Waals surface area contributed by atoms with E-state index in [-0.39, 0.29) is 29.2 Å². The number of nitrogens with zero attached hydrogens (tertiary/aromatic N) is 1. The van der Waals surface area contributed by atoms with E-state index in [0.29, 0.717) is 23.6 Å². The lowest BCUT2D eigenvalue weighted by molar-refractivity contribution is -0.132. The average Bonchev–Trinajstić information content (AvgIpc) is 3.16. The van der Waals surface area contributed by atoms with Crippen LogP contribution in [0.5, 0.6) is 5.75 Å². The zero-order valence-corrected chi connectivity index (χ0v) is 22.6. The lowest BCUT2D eigenvalue weighted by Crippen LogP contribution is -2.31. The van der Waals surface area contributed by atoms with Crippen molar-refractivity contribution in [3.8, 4) is 5.75 Å². The monoisotopic (exact) mass is 620 g/mol. The summed E-state index contributed by atoms with van der Waals surface area (Å²) in [6.45, 7) is 0.438. The number of hydrogen-bond donors (Lipinski definition) is 3. The molecule has 3 aromatic rings. The minimum Gasteiger partial charge on any atom is -0.507 e. The third-order valence-corrected chi connectivity index (χ3v) is 7.86. The van der Waals surface area contributed by atoms with Gasteiger partial charge in [0.1, 0.15) is 18.1 Å². The second-order valence-corrected chi connectivity index (χ2v) is 10.3. The smallest absolute Gasteiger partial charge is 0.339 e. The van der Waals surface area contributed by atoms with Crippen LogP contribution >= 0.6 is 22.6 Å². The van der Waals surface area contributed by atoms with Gasteiger partial charge in [-0.15, -0.1) is 0 Å². The predicted molar refractivity (Wildman–Crippen MR) is 154 cm³/mol. The molecular formula is C30H25IN2O5. The fourth-order valence-corrected chi connectivity index (χ4v) is 5.92. The number of aliphatic hydroxyl groups is 1. The van der Waals surface area contributed by atoms with Gasteiger partial charge in [0, 0.05) is 33.9 Å². The van der Waals surface area contributed by atoms with Crippen molar-refractivity contribution in [1.82, 2.24) is 4.90 Å². The number of carbonyl (C=O) groups excluding carboxylic acids is 1. The van der Waals surface area contributed by atoms with Crippen LogP contribution in [0.1, 0.15) is 21.5 Å². The maximum absolute atomic E-state index is 12.9. The Labute approximate surface area is 233 Å². The van der Waals surface area contributed by atoms with Gasteiger partial charge in [-0.2, -0.15) is 0 Å². The highest BCUT2D eigenvalue weighted by Gasteiger charge is 2.40. The highest BCUT2D eigenvalue weighted by Crippen LogP contribution is 2.46. The molecule has 0 spiro atoms. The Bertz CT molecular complexity index is 1480. The van der Waals surface area contributed by atoms with E-state index in [9.17, 15) is 19.8 Å². The lowest BCUT2D eigenvalue weighted by Gasteiger charge is -2.28. The quantitative estimate of drug-likeness (QED) is 0.280. The van der Waals surface area contributed by atoms with Crippen molar-refractivity contribution < 1.29 is 24.5 Å². The number of rotatable bonds is 7. The molecule has 0 aromatic heterocycles. The minimum atomic E-state index is -1.15. The van der Waals surface area contributed by atoms with E-state index in [4.69, 9.17) is 4.74 Å². The number of carboxylic acid groups (broad SMARTS) is 1. The van der Waals surface area contributed by atoms with Crippen molar-refractivity contribution >= 4 is 45.9 Å². The molecule has 3 aromatic carbocycles. The first-order chi connectivity index (χ1) is 18.3. The number of ether oxygens (including phenoxy) is 1. The number of hydrogen-bond acceptors (Lipinski definition) is 5. The summed E-state index contributed by atoms with van der Waals surface area (Å²) in [5.41, 5.74) is 3.94. The molecule has 0 bridgehead atoms. The fourth-order valence-electron chi connectivity index (χ4n) is 4.68. The molecule has 5 rings (SSSR count). The summed E-state index contributed by atoms with van der Waals surface area (Å²) in [6.07, 6.45) is 3.19. The molecule has 0 saturated heterocycles. The summed E-state index contributed by atoms with van der Waals surface area (Å²) in [4.78, 5) is 26.4. The van der Waals surface area contributed by atoms with Gasteiger partial charge in [-0.1, -0.05) is 54.6 Å². The lowest BCUT2D eigenvalue weighted by atomic mass is 9.91. The summed E-state index contributed by atoms with van der Waals surface area (Å²) in [5.74, 6) is -1.12. The Kier molecular flexibility index (Phi) is 7.24. The van der Waals surface area contributed by atoms with Crippen LogP contribution in [0.2, 0.25) is 0 Å². The zero-order chi connectivity index (χ0) is 26.8. The van der Waals surface area contributed by atoms with Crippen LogP contribution in [0.15, 0.2) is 106 Å². The average molecular weight is 620 g/mol. The molecule has 2 atom stereocenters. The number of anilines is 1. The first-order valence-corrected chi connectivity index (χ1v) is 13.1. The molecule has 2 unspecified atom stereocenters. The van der Waals surface area contributed by atoms with Gasteiger partial charge >= 0.3 is 5.97 Å². The number of nitrogens with one attached hydrogen (secondary N) is 1. The van der Waals surface area contributed by atoms with Gasteiger partial charge in [-0.3, -0.25) is 4.79 Å². The van der Waals surface area contributed by atoms with Gasteiger partial charge in [0.2, 0.25) is 0 Å². The number of aliphatic carboxylic acids is 1. The van der Waals surface area contributed by atoms with Crippen molar-refractivity contribution in [3.05, 3.63) is 123 Å². The number of likely N-dealkylation sites (N-methyl/N-ethyl adjacent to an activating group) is 1. The maximum atomic E-state index is 12.9.